The van der Waals surface area contributed by atoms with Crippen LogP contribution in [0, 0.1) is 23.5 Å². The quantitative estimate of drug-likeness (QED) is 0.613. The summed E-state index contributed by atoms with van der Waals surface area (Å²) in [4.78, 5) is 0. The predicted molar refractivity (Wildman–Crippen MR) is 55.9 cm³/mol. The minimum Gasteiger partial charge on any atom is -0.204 e. The van der Waals surface area contributed by atoms with Crippen LogP contribution in [0.25, 0.3) is 5.57 Å². The lowest BCUT2D eigenvalue weighted by atomic mass is 10.0. The molecule has 0 N–H and O–H groups in total. The van der Waals surface area contributed by atoms with Crippen molar-refractivity contribution in [1.29, 1.82) is 0 Å². The van der Waals surface area contributed by atoms with Gasteiger partial charge >= 0.3 is 0 Å². The molecule has 0 heterocycles. The van der Waals surface area contributed by atoms with Gasteiger partial charge in [0.15, 0.2) is 11.6 Å². The summed E-state index contributed by atoms with van der Waals surface area (Å²) in [6.07, 6.45) is 5.60. The maximum atomic E-state index is 13.4. The molecule has 15 heavy (non-hydrogen) atoms. The van der Waals surface area contributed by atoms with Crippen molar-refractivity contribution in [3.63, 3.8) is 0 Å². The molecule has 0 saturated carbocycles. The van der Waals surface area contributed by atoms with Crippen LogP contribution in [0.4, 0.5) is 8.78 Å². The van der Waals surface area contributed by atoms with Gasteiger partial charge in [-0.3, -0.25) is 0 Å². The molecule has 1 aliphatic carbocycles. The van der Waals surface area contributed by atoms with E-state index in [9.17, 15) is 8.78 Å². The van der Waals surface area contributed by atoms with Crippen LogP contribution in [0.5, 0.6) is 0 Å². The van der Waals surface area contributed by atoms with Crippen molar-refractivity contribution in [2.45, 2.75) is 6.42 Å². The van der Waals surface area contributed by atoms with E-state index in [2.05, 4.69) is 11.8 Å². The topological polar surface area (TPSA) is 0 Å². The average molecular weight is 202 g/mol. The van der Waals surface area contributed by atoms with Crippen LogP contribution in [0.15, 0.2) is 36.4 Å². The van der Waals surface area contributed by atoms with Gasteiger partial charge in [-0.15, -0.1) is 0 Å². The Hall–Kier alpha value is -1.88. The third-order valence-electron chi connectivity index (χ3n) is 2.16. The number of benzene rings is 1. The Morgan fingerprint density at radius 1 is 1.20 bits per heavy atom. The van der Waals surface area contributed by atoms with Crippen molar-refractivity contribution < 1.29 is 8.78 Å². The second-order valence-electron chi connectivity index (χ2n) is 3.15. The van der Waals surface area contributed by atoms with E-state index in [0.29, 0.717) is 12.0 Å². The lowest BCUT2D eigenvalue weighted by molar-refractivity contribution is 0.506. The minimum absolute atomic E-state index is 0.288. The zero-order valence-corrected chi connectivity index (χ0v) is 7.93. The molecule has 0 nitrogen and oxygen atoms in total. The van der Waals surface area contributed by atoms with Crippen molar-refractivity contribution in [2.24, 2.45) is 0 Å². The first-order valence-electron chi connectivity index (χ1n) is 4.57. The van der Waals surface area contributed by atoms with Crippen molar-refractivity contribution in [3.05, 3.63) is 53.6 Å². The first-order chi connectivity index (χ1) is 7.29. The van der Waals surface area contributed by atoms with E-state index < -0.39 is 11.6 Å². The molecular weight excluding hydrogens is 194 g/mol. The van der Waals surface area contributed by atoms with E-state index in [4.69, 9.17) is 0 Å². The molecule has 1 aromatic rings. The first kappa shape index (κ1) is 9.67. The maximum absolute atomic E-state index is 13.4. The van der Waals surface area contributed by atoms with Gasteiger partial charge in [-0.2, -0.15) is 0 Å². The fourth-order valence-electron chi connectivity index (χ4n) is 1.41. The van der Waals surface area contributed by atoms with E-state index in [1.807, 2.05) is 0 Å². The van der Waals surface area contributed by atoms with Crippen molar-refractivity contribution in [2.75, 3.05) is 0 Å². The van der Waals surface area contributed by atoms with Crippen LogP contribution >= 0.6 is 0 Å². The largest absolute Gasteiger partial charge is 0.204 e. The predicted octanol–water partition coefficient (Wildman–Crippen LogP) is 3.31. The first-order valence-corrected chi connectivity index (χ1v) is 4.57. The highest BCUT2D eigenvalue weighted by molar-refractivity contribution is 5.70. The van der Waals surface area contributed by atoms with Crippen LogP contribution in [-0.2, 0) is 0 Å². The van der Waals surface area contributed by atoms with Gasteiger partial charge in [-0.05, 0) is 17.7 Å². The summed E-state index contributed by atoms with van der Waals surface area (Å²) in [5, 5.41) is 0. The highest BCUT2D eigenvalue weighted by Gasteiger charge is 2.10. The van der Waals surface area contributed by atoms with Crippen molar-refractivity contribution >= 4 is 5.57 Å². The molecule has 0 bridgehead atoms. The van der Waals surface area contributed by atoms with E-state index >= 15 is 0 Å². The monoisotopic (exact) mass is 202 g/mol. The maximum Gasteiger partial charge on any atom is 0.166 e. The number of hydrogen-bond acceptors (Lipinski definition) is 0. The fraction of sp³-hybridized carbons (Fsp3) is 0.0769. The second kappa shape index (κ2) is 4.10. The van der Waals surface area contributed by atoms with E-state index in [0.717, 1.165) is 6.07 Å². The summed E-state index contributed by atoms with van der Waals surface area (Å²) in [7, 11) is 0. The molecule has 1 aromatic carbocycles. The Morgan fingerprint density at radius 3 is 2.93 bits per heavy atom. The normalized spacial score (nSPS) is 13.9. The smallest absolute Gasteiger partial charge is 0.166 e. The average Bonchev–Trinajstić information content (AvgIpc) is 2.50. The van der Waals surface area contributed by atoms with Gasteiger partial charge in [0.25, 0.3) is 0 Å². The minimum atomic E-state index is -0.824. The Bertz CT molecular complexity index is 499. The van der Waals surface area contributed by atoms with Gasteiger partial charge in [-0.25, -0.2) is 8.78 Å². The molecule has 0 aliphatic heterocycles. The van der Waals surface area contributed by atoms with Gasteiger partial charge in [0, 0.05) is 12.0 Å². The second-order valence-corrected chi connectivity index (χ2v) is 3.15. The van der Waals surface area contributed by atoms with Gasteiger partial charge < -0.3 is 0 Å². The molecule has 0 saturated heterocycles. The zero-order valence-electron chi connectivity index (χ0n) is 7.93. The Labute approximate surface area is 86.9 Å². The zero-order chi connectivity index (χ0) is 10.7. The molecule has 0 amide bonds. The molecule has 0 spiro atoms. The molecule has 0 fully saturated rings. The highest BCUT2D eigenvalue weighted by atomic mass is 19.2. The Kier molecular flexibility index (Phi) is 2.64. The third-order valence-corrected chi connectivity index (χ3v) is 2.16. The van der Waals surface area contributed by atoms with Gasteiger partial charge in [0.1, 0.15) is 0 Å². The number of rotatable bonds is 1. The van der Waals surface area contributed by atoms with Crippen molar-refractivity contribution in [3.8, 4) is 11.8 Å². The molecule has 1 aliphatic rings. The van der Waals surface area contributed by atoms with Gasteiger partial charge in [0.2, 0.25) is 0 Å². The van der Waals surface area contributed by atoms with Gasteiger partial charge in [0.05, 0.1) is 0 Å². The summed E-state index contributed by atoms with van der Waals surface area (Å²) < 4.78 is 26.4. The van der Waals surface area contributed by atoms with Crippen LogP contribution in [0.2, 0.25) is 0 Å². The Balaban J connectivity index is 2.47. The number of halogens is 2. The van der Waals surface area contributed by atoms with E-state index in [1.54, 1.807) is 24.3 Å². The molecule has 0 unspecified atom stereocenters. The van der Waals surface area contributed by atoms with Crippen LogP contribution < -0.4 is 0 Å². The molecule has 0 atom stereocenters. The summed E-state index contributed by atoms with van der Waals surface area (Å²) >= 11 is 0. The lowest BCUT2D eigenvalue weighted by Crippen LogP contribution is -1.92. The van der Waals surface area contributed by atoms with Gasteiger partial charge in [-0.1, -0.05) is 36.1 Å². The molecule has 0 radical (unpaired) electrons. The molecular formula is C13H8F2. The Morgan fingerprint density at radius 2 is 2.07 bits per heavy atom. The van der Waals surface area contributed by atoms with E-state index in [-0.39, 0.29) is 5.56 Å². The van der Waals surface area contributed by atoms with Crippen molar-refractivity contribution in [1.82, 2.24) is 0 Å². The third kappa shape index (κ3) is 1.97. The van der Waals surface area contributed by atoms with E-state index in [1.165, 1.54) is 6.07 Å². The number of hydrogen-bond donors (Lipinski definition) is 0. The summed E-state index contributed by atoms with van der Waals surface area (Å²) in [6.45, 7) is 0. The fourth-order valence-corrected chi connectivity index (χ4v) is 1.41. The summed E-state index contributed by atoms with van der Waals surface area (Å²) in [6, 6.07) is 4.17. The molecule has 2 heteroatoms. The lowest BCUT2D eigenvalue weighted by Gasteiger charge is -2.05. The van der Waals surface area contributed by atoms with Crippen LogP contribution in [0.3, 0.4) is 0 Å². The SMILES string of the molecule is Fc1cccc(C2=CC=CC#CC2)c1F. The summed E-state index contributed by atoms with van der Waals surface area (Å²) in [5.74, 6) is 4.00. The molecule has 0 aromatic heterocycles. The standard InChI is InChI=1S/C13H8F2/c14-12-9-5-8-11(13(12)15)10-6-3-1-2-4-7-10/h1,3,5-6,8-9H,7H2. The highest BCUT2D eigenvalue weighted by Crippen LogP contribution is 2.23. The summed E-state index contributed by atoms with van der Waals surface area (Å²) in [5.41, 5.74) is 0.990. The number of allylic oxidation sites excluding steroid dienone is 4. The molecule has 2 rings (SSSR count). The van der Waals surface area contributed by atoms with Crippen LogP contribution in [0.1, 0.15) is 12.0 Å². The van der Waals surface area contributed by atoms with Crippen LogP contribution in [-0.4, -0.2) is 0 Å². The molecule has 74 valence electrons.